The van der Waals surface area contributed by atoms with Crippen molar-refractivity contribution in [2.24, 2.45) is 0 Å². The number of hydrogen-bond donors (Lipinski definition) is 2. The molecule has 0 aromatic rings. The van der Waals surface area contributed by atoms with Gasteiger partial charge in [0.2, 0.25) is 11.8 Å². The Balaban J connectivity index is 3.14. The Kier molecular flexibility index (Phi) is 10.2. The van der Waals surface area contributed by atoms with Crippen LogP contribution in [0.1, 0.15) is 12.8 Å². The monoisotopic (exact) mass is 424 g/mol. The van der Waals surface area contributed by atoms with Gasteiger partial charge < -0.3 is 10.6 Å². The van der Waals surface area contributed by atoms with Crippen LogP contribution in [0.4, 0.5) is 0 Å². The maximum atomic E-state index is 10.8. The summed E-state index contributed by atoms with van der Waals surface area (Å²) in [6.45, 7) is 1.39. The third-order valence-corrected chi connectivity index (χ3v) is 2.88. The summed E-state index contributed by atoms with van der Waals surface area (Å²) < 4.78 is 1.01. The van der Waals surface area contributed by atoms with Crippen LogP contribution in [0, 0.1) is 0 Å². The maximum Gasteiger partial charge on any atom is 0.229 e. The Labute approximate surface area is 111 Å². The molecule has 0 aromatic heterocycles. The van der Waals surface area contributed by atoms with Gasteiger partial charge in [0.15, 0.2) is 0 Å². The average molecular weight is 424 g/mol. The van der Waals surface area contributed by atoms with Crippen molar-refractivity contribution in [3.05, 3.63) is 0 Å². The molecule has 0 aliphatic carbocycles. The van der Waals surface area contributed by atoms with Gasteiger partial charge in [-0.3, -0.25) is 9.59 Å². The van der Waals surface area contributed by atoms with Crippen LogP contribution in [-0.2, 0) is 9.59 Å². The van der Waals surface area contributed by atoms with E-state index in [1.54, 1.807) is 0 Å². The lowest BCUT2D eigenvalue weighted by Crippen LogP contribution is -2.28. The summed E-state index contributed by atoms with van der Waals surface area (Å²) in [7, 11) is 0. The lowest BCUT2D eigenvalue weighted by molar-refractivity contribution is -0.119. The van der Waals surface area contributed by atoms with Gasteiger partial charge in [0.05, 0.1) is 8.86 Å². The van der Waals surface area contributed by atoms with Gasteiger partial charge in [0.1, 0.15) is 0 Å². The Morgan fingerprint density at radius 2 is 1.21 bits per heavy atom. The molecule has 0 fully saturated rings. The van der Waals surface area contributed by atoms with E-state index in [1.165, 1.54) is 0 Å². The summed E-state index contributed by atoms with van der Waals surface area (Å²) in [6, 6.07) is 0. The van der Waals surface area contributed by atoms with Crippen LogP contribution < -0.4 is 10.6 Å². The quantitative estimate of drug-likeness (QED) is 0.362. The number of hydrogen-bond acceptors (Lipinski definition) is 2. The largest absolute Gasteiger partial charge is 0.355 e. The number of rotatable bonds is 7. The molecular weight excluding hydrogens is 410 g/mol. The second-order valence-corrected chi connectivity index (χ2v) is 4.20. The summed E-state index contributed by atoms with van der Waals surface area (Å²) >= 11 is 4.05. The lowest BCUT2D eigenvalue weighted by Gasteiger charge is -2.04. The van der Waals surface area contributed by atoms with E-state index < -0.39 is 0 Å². The molecule has 0 saturated heterocycles. The fourth-order valence-electron chi connectivity index (χ4n) is 0.800. The molecular formula is C8H14I2N2O2. The number of carbonyl (C=O) groups excluding carboxylic acids is 2. The first-order chi connectivity index (χ1) is 6.70. The van der Waals surface area contributed by atoms with Crippen LogP contribution in [0.2, 0.25) is 0 Å². The van der Waals surface area contributed by atoms with E-state index in [9.17, 15) is 9.59 Å². The van der Waals surface area contributed by atoms with E-state index in [1.807, 2.05) is 45.2 Å². The van der Waals surface area contributed by atoms with E-state index in [4.69, 9.17) is 0 Å². The Morgan fingerprint density at radius 1 is 0.857 bits per heavy atom. The van der Waals surface area contributed by atoms with Crippen molar-refractivity contribution in [3.8, 4) is 0 Å². The van der Waals surface area contributed by atoms with Gasteiger partial charge in [-0.05, 0) is 12.8 Å². The van der Waals surface area contributed by atoms with Gasteiger partial charge in [-0.2, -0.15) is 0 Å². The second kappa shape index (κ2) is 9.94. The minimum Gasteiger partial charge on any atom is -0.355 e. The topological polar surface area (TPSA) is 58.2 Å². The number of carbonyl (C=O) groups is 2. The van der Waals surface area contributed by atoms with E-state index in [0.29, 0.717) is 21.9 Å². The first kappa shape index (κ1) is 14.4. The molecule has 0 spiro atoms. The minimum atomic E-state index is 0.0712. The van der Waals surface area contributed by atoms with Crippen molar-refractivity contribution in [3.63, 3.8) is 0 Å². The highest BCUT2D eigenvalue weighted by atomic mass is 127. The van der Waals surface area contributed by atoms with Crippen molar-refractivity contribution in [2.45, 2.75) is 12.8 Å². The number of halogens is 2. The van der Waals surface area contributed by atoms with Gasteiger partial charge >= 0.3 is 0 Å². The maximum absolute atomic E-state index is 10.8. The van der Waals surface area contributed by atoms with Gasteiger partial charge in [-0.15, -0.1) is 0 Å². The summed E-state index contributed by atoms with van der Waals surface area (Å²) in [4.78, 5) is 21.6. The summed E-state index contributed by atoms with van der Waals surface area (Å²) in [5.74, 6) is 0.142. The van der Waals surface area contributed by atoms with Gasteiger partial charge in [0.25, 0.3) is 0 Å². The van der Waals surface area contributed by atoms with Gasteiger partial charge in [-0.25, -0.2) is 0 Å². The van der Waals surface area contributed by atoms with Crippen molar-refractivity contribution < 1.29 is 9.59 Å². The molecule has 0 unspecified atom stereocenters. The van der Waals surface area contributed by atoms with E-state index in [0.717, 1.165) is 12.8 Å². The van der Waals surface area contributed by atoms with Crippen molar-refractivity contribution >= 4 is 57.0 Å². The summed E-state index contributed by atoms with van der Waals surface area (Å²) in [6.07, 6.45) is 1.81. The number of unbranched alkanes of at least 4 members (excludes halogenated alkanes) is 1. The zero-order valence-electron chi connectivity index (χ0n) is 7.82. The van der Waals surface area contributed by atoms with Crippen LogP contribution in [0.5, 0.6) is 0 Å². The molecule has 0 aliphatic rings. The fourth-order valence-corrected chi connectivity index (χ4v) is 1.34. The van der Waals surface area contributed by atoms with Crippen molar-refractivity contribution in [1.82, 2.24) is 10.6 Å². The highest BCUT2D eigenvalue weighted by Gasteiger charge is 1.97. The Morgan fingerprint density at radius 3 is 1.50 bits per heavy atom. The highest BCUT2D eigenvalue weighted by molar-refractivity contribution is 14.1. The molecule has 0 aromatic carbocycles. The second-order valence-electron chi connectivity index (χ2n) is 2.67. The molecule has 2 amide bonds. The summed E-state index contributed by atoms with van der Waals surface area (Å²) in [5, 5.41) is 5.55. The Bertz CT molecular complexity index is 168. The number of alkyl halides is 2. The molecule has 6 heteroatoms. The average Bonchev–Trinajstić information content (AvgIpc) is 2.22. The summed E-state index contributed by atoms with van der Waals surface area (Å²) in [5.41, 5.74) is 0. The zero-order valence-corrected chi connectivity index (χ0v) is 12.1. The van der Waals surface area contributed by atoms with Crippen LogP contribution in [0.15, 0.2) is 0 Å². The minimum absolute atomic E-state index is 0.0712. The first-order valence-corrected chi connectivity index (χ1v) is 7.41. The van der Waals surface area contributed by atoms with Crippen LogP contribution in [0.3, 0.4) is 0 Å². The van der Waals surface area contributed by atoms with Gasteiger partial charge in [-0.1, -0.05) is 45.2 Å². The zero-order chi connectivity index (χ0) is 10.8. The third kappa shape index (κ3) is 8.97. The molecule has 0 rings (SSSR count). The van der Waals surface area contributed by atoms with Crippen molar-refractivity contribution in [1.29, 1.82) is 0 Å². The lowest BCUT2D eigenvalue weighted by atomic mass is 10.3. The fraction of sp³-hybridized carbons (Fsp3) is 0.750. The van der Waals surface area contributed by atoms with E-state index in [2.05, 4.69) is 10.6 Å². The molecule has 0 bridgehead atoms. The van der Waals surface area contributed by atoms with Gasteiger partial charge in [0, 0.05) is 13.1 Å². The molecule has 0 radical (unpaired) electrons. The molecule has 14 heavy (non-hydrogen) atoms. The standard InChI is InChI=1S/C8H14I2N2O2/c9-5-7(13)11-3-1-2-4-12-8(14)6-10/h1-6H2,(H,11,13)(H,12,14). The van der Waals surface area contributed by atoms with E-state index in [-0.39, 0.29) is 11.8 Å². The SMILES string of the molecule is O=C(CI)NCCCCNC(=O)CI. The predicted octanol–water partition coefficient (Wildman–Crippen LogP) is 0.869. The number of nitrogens with one attached hydrogen (secondary N) is 2. The molecule has 0 atom stereocenters. The van der Waals surface area contributed by atoms with Crippen molar-refractivity contribution in [2.75, 3.05) is 21.9 Å². The van der Waals surface area contributed by atoms with Crippen LogP contribution >= 0.6 is 45.2 Å². The normalized spacial score (nSPS) is 9.57. The van der Waals surface area contributed by atoms with E-state index >= 15 is 0 Å². The molecule has 2 N–H and O–H groups in total. The highest BCUT2D eigenvalue weighted by Crippen LogP contribution is 1.87. The smallest absolute Gasteiger partial charge is 0.229 e. The Hall–Kier alpha value is 0.400. The van der Waals surface area contributed by atoms with Crippen LogP contribution in [-0.4, -0.2) is 33.8 Å². The third-order valence-electron chi connectivity index (χ3n) is 1.49. The number of amides is 2. The van der Waals surface area contributed by atoms with Crippen LogP contribution in [0.25, 0.3) is 0 Å². The first-order valence-electron chi connectivity index (χ1n) is 4.36. The molecule has 0 saturated carbocycles. The predicted molar refractivity (Wildman–Crippen MR) is 73.0 cm³/mol. The molecule has 0 heterocycles. The molecule has 0 aliphatic heterocycles. The molecule has 82 valence electrons. The molecule has 4 nitrogen and oxygen atoms in total.